The Balaban J connectivity index is 2.48. The van der Waals surface area contributed by atoms with Gasteiger partial charge in [-0.3, -0.25) is 4.68 Å². The molecule has 92 valence electrons. The predicted molar refractivity (Wildman–Crippen MR) is 71.9 cm³/mol. The van der Waals surface area contributed by atoms with Gasteiger partial charge in [-0.15, -0.1) is 11.6 Å². The maximum Gasteiger partial charge on any atom is 0.0739 e. The van der Waals surface area contributed by atoms with Gasteiger partial charge in [-0.2, -0.15) is 5.10 Å². The fraction of sp³-hybridized carbons (Fsp3) is 0.727. The largest absolute Gasteiger partial charge is 0.309 e. The summed E-state index contributed by atoms with van der Waals surface area (Å²) in [4.78, 5) is 0. The van der Waals surface area contributed by atoms with Crippen LogP contribution < -0.4 is 5.32 Å². The van der Waals surface area contributed by atoms with Crippen LogP contribution in [-0.2, 0) is 13.6 Å². The minimum Gasteiger partial charge on any atom is -0.309 e. The van der Waals surface area contributed by atoms with Crippen LogP contribution in [-0.4, -0.2) is 21.7 Å². The molecule has 1 heterocycles. The van der Waals surface area contributed by atoms with E-state index in [-0.39, 0.29) is 0 Å². The molecule has 1 rings (SSSR count). The van der Waals surface area contributed by atoms with E-state index in [2.05, 4.69) is 33.3 Å². The molecular formula is C11H19BrClN3. The molecule has 0 saturated carbocycles. The van der Waals surface area contributed by atoms with Crippen molar-refractivity contribution in [2.24, 2.45) is 7.05 Å². The first-order valence-corrected chi connectivity index (χ1v) is 6.86. The zero-order chi connectivity index (χ0) is 12.1. The van der Waals surface area contributed by atoms with Crippen LogP contribution in [0.4, 0.5) is 0 Å². The van der Waals surface area contributed by atoms with Crippen molar-refractivity contribution in [2.75, 3.05) is 5.88 Å². The van der Waals surface area contributed by atoms with Crippen molar-refractivity contribution in [3.63, 3.8) is 0 Å². The smallest absolute Gasteiger partial charge is 0.0739 e. The maximum absolute atomic E-state index is 5.67. The van der Waals surface area contributed by atoms with Gasteiger partial charge in [0.15, 0.2) is 0 Å². The van der Waals surface area contributed by atoms with Crippen LogP contribution in [0.2, 0.25) is 0 Å². The summed E-state index contributed by atoms with van der Waals surface area (Å²) in [6.45, 7) is 5.02. The zero-order valence-corrected chi connectivity index (χ0v) is 12.4. The molecule has 0 aliphatic carbocycles. The number of aromatic nitrogens is 2. The molecule has 0 radical (unpaired) electrons. The van der Waals surface area contributed by atoms with Gasteiger partial charge in [-0.05, 0) is 42.6 Å². The number of nitrogens with one attached hydrogen (secondary N) is 1. The maximum atomic E-state index is 5.67. The van der Waals surface area contributed by atoms with E-state index in [1.54, 1.807) is 0 Å². The molecular weight excluding hydrogens is 289 g/mol. The summed E-state index contributed by atoms with van der Waals surface area (Å²) < 4.78 is 3.02. The van der Waals surface area contributed by atoms with Crippen molar-refractivity contribution >= 4 is 27.5 Å². The number of rotatable bonds is 6. The Hall–Kier alpha value is -0.0600. The van der Waals surface area contributed by atoms with E-state index >= 15 is 0 Å². The molecule has 3 nitrogen and oxygen atoms in total. The second-order valence-electron chi connectivity index (χ2n) is 4.08. The normalized spacial score (nSPS) is 13.1. The zero-order valence-electron chi connectivity index (χ0n) is 10.1. The first-order chi connectivity index (χ1) is 7.56. The number of hydrogen-bond donors (Lipinski definition) is 1. The summed E-state index contributed by atoms with van der Waals surface area (Å²) in [5, 5.41) is 7.84. The van der Waals surface area contributed by atoms with E-state index in [0.717, 1.165) is 35.4 Å². The molecule has 1 aromatic rings. The standard InChI is InChI=1S/C11H19BrClN3/c1-8(5-4-6-13)14-7-10-11(12)9(2)15-16(10)3/h8,14H,4-7H2,1-3H3. The molecule has 0 fully saturated rings. The molecule has 1 atom stereocenters. The Morgan fingerprint density at radius 1 is 1.56 bits per heavy atom. The SMILES string of the molecule is Cc1nn(C)c(CNC(C)CCCCl)c1Br. The molecule has 1 aromatic heterocycles. The molecule has 0 aliphatic rings. The molecule has 0 bridgehead atoms. The fourth-order valence-corrected chi connectivity index (χ4v) is 2.26. The number of nitrogens with zero attached hydrogens (tertiary/aromatic N) is 2. The second-order valence-corrected chi connectivity index (χ2v) is 5.25. The van der Waals surface area contributed by atoms with E-state index in [1.807, 2.05) is 18.7 Å². The first-order valence-electron chi connectivity index (χ1n) is 5.53. The van der Waals surface area contributed by atoms with Gasteiger partial charge in [-0.1, -0.05) is 0 Å². The van der Waals surface area contributed by atoms with Crippen LogP contribution in [0.15, 0.2) is 4.47 Å². The number of hydrogen-bond acceptors (Lipinski definition) is 2. The summed E-state index contributed by atoms with van der Waals surface area (Å²) in [5.74, 6) is 0.737. The minimum atomic E-state index is 0.487. The van der Waals surface area contributed by atoms with E-state index in [9.17, 15) is 0 Å². The van der Waals surface area contributed by atoms with Crippen molar-refractivity contribution < 1.29 is 0 Å². The topological polar surface area (TPSA) is 29.9 Å². The summed E-state index contributed by atoms with van der Waals surface area (Å²) in [5.41, 5.74) is 2.22. The van der Waals surface area contributed by atoms with E-state index in [0.29, 0.717) is 6.04 Å². The molecule has 0 aliphatic heterocycles. The highest BCUT2D eigenvalue weighted by Crippen LogP contribution is 2.20. The van der Waals surface area contributed by atoms with Gasteiger partial charge in [0.05, 0.1) is 15.9 Å². The fourth-order valence-electron chi connectivity index (χ4n) is 1.63. The van der Waals surface area contributed by atoms with Gasteiger partial charge in [0.1, 0.15) is 0 Å². The molecule has 0 amide bonds. The van der Waals surface area contributed by atoms with Gasteiger partial charge in [-0.25, -0.2) is 0 Å². The Morgan fingerprint density at radius 3 is 2.75 bits per heavy atom. The van der Waals surface area contributed by atoms with E-state index < -0.39 is 0 Å². The highest BCUT2D eigenvalue weighted by Gasteiger charge is 2.11. The van der Waals surface area contributed by atoms with Gasteiger partial charge in [0.2, 0.25) is 0 Å². The summed E-state index contributed by atoms with van der Waals surface area (Å²) in [7, 11) is 1.97. The summed E-state index contributed by atoms with van der Waals surface area (Å²) in [6, 6.07) is 0.487. The molecule has 0 saturated heterocycles. The lowest BCUT2D eigenvalue weighted by atomic mass is 10.2. The Morgan fingerprint density at radius 2 is 2.25 bits per heavy atom. The van der Waals surface area contributed by atoms with Gasteiger partial charge >= 0.3 is 0 Å². The molecule has 16 heavy (non-hydrogen) atoms. The average molecular weight is 309 g/mol. The molecule has 0 spiro atoms. The quantitative estimate of drug-likeness (QED) is 0.819. The van der Waals surface area contributed by atoms with Crippen LogP contribution in [0, 0.1) is 6.92 Å². The lowest BCUT2D eigenvalue weighted by Crippen LogP contribution is -2.26. The Labute approximate surface area is 111 Å². The summed E-state index contributed by atoms with van der Waals surface area (Å²) in [6.07, 6.45) is 2.17. The number of halogens is 2. The second kappa shape index (κ2) is 6.62. The molecule has 1 N–H and O–H groups in total. The van der Waals surface area contributed by atoms with Crippen LogP contribution in [0.5, 0.6) is 0 Å². The number of alkyl halides is 1. The van der Waals surface area contributed by atoms with Crippen molar-refractivity contribution in [2.45, 2.75) is 39.3 Å². The monoisotopic (exact) mass is 307 g/mol. The van der Waals surface area contributed by atoms with Gasteiger partial charge in [0.25, 0.3) is 0 Å². The predicted octanol–water partition coefficient (Wildman–Crippen LogP) is 2.99. The van der Waals surface area contributed by atoms with E-state index in [1.165, 1.54) is 5.69 Å². The molecule has 0 aromatic carbocycles. The lowest BCUT2D eigenvalue weighted by Gasteiger charge is -2.13. The molecule has 1 unspecified atom stereocenters. The summed E-state index contributed by atoms with van der Waals surface area (Å²) >= 11 is 9.23. The lowest BCUT2D eigenvalue weighted by molar-refractivity contribution is 0.495. The minimum absolute atomic E-state index is 0.487. The molecule has 5 heteroatoms. The van der Waals surface area contributed by atoms with Crippen LogP contribution >= 0.6 is 27.5 Å². The third-order valence-electron chi connectivity index (χ3n) is 2.65. The van der Waals surface area contributed by atoms with Gasteiger partial charge in [0, 0.05) is 25.5 Å². The third-order valence-corrected chi connectivity index (χ3v) is 3.95. The van der Waals surface area contributed by atoms with E-state index in [4.69, 9.17) is 11.6 Å². The van der Waals surface area contributed by atoms with Crippen molar-refractivity contribution in [3.05, 3.63) is 15.9 Å². The van der Waals surface area contributed by atoms with Crippen molar-refractivity contribution in [1.29, 1.82) is 0 Å². The highest BCUT2D eigenvalue weighted by molar-refractivity contribution is 9.10. The van der Waals surface area contributed by atoms with Crippen molar-refractivity contribution in [1.82, 2.24) is 15.1 Å². The van der Waals surface area contributed by atoms with Crippen molar-refractivity contribution in [3.8, 4) is 0 Å². The number of aryl methyl sites for hydroxylation is 2. The van der Waals surface area contributed by atoms with Gasteiger partial charge < -0.3 is 5.32 Å². The van der Waals surface area contributed by atoms with Crippen LogP contribution in [0.25, 0.3) is 0 Å². The Kier molecular flexibility index (Phi) is 5.79. The first kappa shape index (κ1) is 14.0. The third kappa shape index (κ3) is 3.75. The van der Waals surface area contributed by atoms with Crippen LogP contribution in [0.1, 0.15) is 31.2 Å². The Bertz CT molecular complexity index is 338. The van der Waals surface area contributed by atoms with Crippen LogP contribution in [0.3, 0.4) is 0 Å². The highest BCUT2D eigenvalue weighted by atomic mass is 79.9. The average Bonchev–Trinajstić information content (AvgIpc) is 2.48.